The van der Waals surface area contributed by atoms with Gasteiger partial charge in [0, 0.05) is 30.4 Å². The summed E-state index contributed by atoms with van der Waals surface area (Å²) in [6.07, 6.45) is 8.70. The van der Waals surface area contributed by atoms with Gasteiger partial charge < -0.3 is 15.5 Å². The van der Waals surface area contributed by atoms with Crippen LogP contribution < -0.4 is 10.6 Å². The molecule has 0 radical (unpaired) electrons. The first-order valence-electron chi connectivity index (χ1n) is 9.51. The molecule has 1 aromatic heterocycles. The molecular formula is C18H26N4O2S. The van der Waals surface area contributed by atoms with E-state index in [1.807, 2.05) is 4.90 Å². The largest absolute Gasteiger partial charge is 0.335 e. The Hall–Kier alpha value is -1.63. The third-order valence-corrected chi connectivity index (χ3v) is 6.29. The van der Waals surface area contributed by atoms with Crippen molar-refractivity contribution < 1.29 is 9.59 Å². The van der Waals surface area contributed by atoms with E-state index in [0.29, 0.717) is 23.6 Å². The lowest BCUT2D eigenvalue weighted by atomic mass is 9.97. The number of anilines is 1. The maximum Gasteiger partial charge on any atom is 0.317 e. The van der Waals surface area contributed by atoms with Crippen molar-refractivity contribution >= 4 is 28.4 Å². The number of likely N-dealkylation sites (tertiary alicyclic amines) is 1. The normalized spacial score (nSPS) is 24.3. The molecule has 2 aliphatic carbocycles. The Morgan fingerprint density at radius 3 is 2.68 bits per heavy atom. The predicted molar refractivity (Wildman–Crippen MR) is 97.8 cm³/mol. The standard InChI is InChI=1S/C18H26N4O2S/c23-16(21-17-20-15(11-25-17)12-7-8-12)13-4-3-9-22(10-13)18(24)19-14-5-1-2-6-14/h11-14H,1-10H2,(H,19,24)(H,20,21,23). The molecule has 0 spiro atoms. The first kappa shape index (κ1) is 16.8. The Bertz CT molecular complexity index is 637. The van der Waals surface area contributed by atoms with E-state index in [0.717, 1.165) is 37.9 Å². The molecule has 3 aliphatic rings. The number of piperidine rings is 1. The number of carbonyl (C=O) groups is 2. The van der Waals surface area contributed by atoms with Crippen LogP contribution in [0, 0.1) is 5.92 Å². The Labute approximate surface area is 152 Å². The predicted octanol–water partition coefficient (Wildman–Crippen LogP) is 3.32. The van der Waals surface area contributed by atoms with Crippen LogP contribution in [-0.2, 0) is 4.79 Å². The minimum atomic E-state index is -0.142. The third-order valence-electron chi connectivity index (χ3n) is 5.51. The Morgan fingerprint density at radius 2 is 1.92 bits per heavy atom. The smallest absolute Gasteiger partial charge is 0.317 e. The number of hydrogen-bond donors (Lipinski definition) is 2. The Morgan fingerprint density at radius 1 is 1.12 bits per heavy atom. The van der Waals surface area contributed by atoms with Crippen LogP contribution in [-0.4, -0.2) is 41.0 Å². The lowest BCUT2D eigenvalue weighted by Gasteiger charge is -2.32. The molecule has 2 heterocycles. The number of hydrogen-bond acceptors (Lipinski definition) is 4. The fraction of sp³-hybridized carbons (Fsp3) is 0.722. The first-order chi connectivity index (χ1) is 12.2. The molecule has 25 heavy (non-hydrogen) atoms. The van der Waals surface area contributed by atoms with Crippen LogP contribution in [0.5, 0.6) is 0 Å². The number of rotatable bonds is 4. The van der Waals surface area contributed by atoms with Crippen LogP contribution in [0.3, 0.4) is 0 Å². The van der Waals surface area contributed by atoms with Gasteiger partial charge in [0.05, 0.1) is 11.6 Å². The van der Waals surface area contributed by atoms with Gasteiger partial charge in [-0.05, 0) is 38.5 Å². The zero-order valence-corrected chi connectivity index (χ0v) is 15.3. The molecule has 2 N–H and O–H groups in total. The number of amides is 3. The second-order valence-electron chi connectivity index (χ2n) is 7.56. The second-order valence-corrected chi connectivity index (χ2v) is 8.42. The number of nitrogens with zero attached hydrogens (tertiary/aromatic N) is 2. The monoisotopic (exact) mass is 362 g/mol. The molecule has 1 aliphatic heterocycles. The molecule has 0 aromatic carbocycles. The van der Waals surface area contributed by atoms with Gasteiger partial charge in [-0.3, -0.25) is 4.79 Å². The SMILES string of the molecule is O=C(Nc1nc(C2CC2)cs1)C1CCCN(C(=O)NC2CCCC2)C1. The minimum Gasteiger partial charge on any atom is -0.335 e. The van der Waals surface area contributed by atoms with Crippen molar-refractivity contribution in [1.82, 2.24) is 15.2 Å². The molecule has 3 amide bonds. The van der Waals surface area contributed by atoms with Gasteiger partial charge in [0.15, 0.2) is 5.13 Å². The summed E-state index contributed by atoms with van der Waals surface area (Å²) in [5.41, 5.74) is 1.11. The van der Waals surface area contributed by atoms with Crippen molar-refractivity contribution in [2.24, 2.45) is 5.92 Å². The molecule has 7 heteroatoms. The summed E-state index contributed by atoms with van der Waals surface area (Å²) in [4.78, 5) is 31.3. The van der Waals surface area contributed by atoms with Gasteiger partial charge in [0.25, 0.3) is 0 Å². The molecule has 6 nitrogen and oxygen atoms in total. The van der Waals surface area contributed by atoms with E-state index < -0.39 is 0 Å². The van der Waals surface area contributed by atoms with E-state index in [-0.39, 0.29) is 17.9 Å². The molecular weight excluding hydrogens is 336 g/mol. The minimum absolute atomic E-state index is 0.00457. The van der Waals surface area contributed by atoms with Gasteiger partial charge in [-0.2, -0.15) is 0 Å². The van der Waals surface area contributed by atoms with Crippen LogP contribution >= 0.6 is 11.3 Å². The van der Waals surface area contributed by atoms with E-state index >= 15 is 0 Å². The zero-order valence-electron chi connectivity index (χ0n) is 14.5. The van der Waals surface area contributed by atoms with E-state index in [9.17, 15) is 9.59 Å². The van der Waals surface area contributed by atoms with Gasteiger partial charge in [-0.25, -0.2) is 9.78 Å². The average molecular weight is 362 g/mol. The lowest BCUT2D eigenvalue weighted by molar-refractivity contribution is -0.121. The molecule has 1 atom stereocenters. The van der Waals surface area contributed by atoms with Crippen molar-refractivity contribution in [1.29, 1.82) is 0 Å². The maximum absolute atomic E-state index is 12.6. The van der Waals surface area contributed by atoms with Crippen molar-refractivity contribution in [3.05, 3.63) is 11.1 Å². The molecule has 2 saturated carbocycles. The molecule has 1 saturated heterocycles. The summed E-state index contributed by atoms with van der Waals surface area (Å²) in [5, 5.41) is 8.83. The van der Waals surface area contributed by atoms with Gasteiger partial charge in [-0.15, -0.1) is 11.3 Å². The molecule has 3 fully saturated rings. The quantitative estimate of drug-likeness (QED) is 0.863. The number of nitrogens with one attached hydrogen (secondary N) is 2. The number of aromatic nitrogens is 1. The summed E-state index contributed by atoms with van der Waals surface area (Å²) >= 11 is 1.50. The Balaban J connectivity index is 1.30. The summed E-state index contributed by atoms with van der Waals surface area (Å²) < 4.78 is 0. The van der Waals surface area contributed by atoms with E-state index in [4.69, 9.17) is 0 Å². The average Bonchev–Trinajstić information content (AvgIpc) is 3.15. The number of thiazole rings is 1. The van der Waals surface area contributed by atoms with Crippen LogP contribution in [0.25, 0.3) is 0 Å². The van der Waals surface area contributed by atoms with Crippen molar-refractivity contribution in [3.63, 3.8) is 0 Å². The fourth-order valence-electron chi connectivity index (χ4n) is 3.83. The summed E-state index contributed by atoms with van der Waals surface area (Å²) in [6, 6.07) is 0.313. The lowest BCUT2D eigenvalue weighted by Crippen LogP contribution is -2.49. The molecule has 136 valence electrons. The molecule has 0 bridgehead atoms. The topological polar surface area (TPSA) is 74.3 Å². The fourth-order valence-corrected chi connectivity index (χ4v) is 4.62. The van der Waals surface area contributed by atoms with Crippen LogP contribution in [0.4, 0.5) is 9.93 Å². The van der Waals surface area contributed by atoms with Crippen LogP contribution in [0.2, 0.25) is 0 Å². The second kappa shape index (κ2) is 7.32. The van der Waals surface area contributed by atoms with Gasteiger partial charge in [-0.1, -0.05) is 12.8 Å². The van der Waals surface area contributed by atoms with Crippen molar-refractivity contribution in [3.8, 4) is 0 Å². The highest BCUT2D eigenvalue weighted by Gasteiger charge is 2.31. The maximum atomic E-state index is 12.6. The van der Waals surface area contributed by atoms with Gasteiger partial charge >= 0.3 is 6.03 Å². The Kier molecular flexibility index (Phi) is 4.92. The van der Waals surface area contributed by atoms with Crippen LogP contribution in [0.1, 0.15) is 63.0 Å². The first-order valence-corrected chi connectivity index (χ1v) is 10.4. The molecule has 1 aromatic rings. The summed E-state index contributed by atoms with van der Waals surface area (Å²) in [6.45, 7) is 1.25. The zero-order chi connectivity index (χ0) is 17.2. The highest BCUT2D eigenvalue weighted by Crippen LogP contribution is 2.41. The van der Waals surface area contributed by atoms with Crippen molar-refractivity contribution in [2.45, 2.75) is 63.3 Å². The van der Waals surface area contributed by atoms with Gasteiger partial charge in [0.1, 0.15) is 0 Å². The summed E-state index contributed by atoms with van der Waals surface area (Å²) in [7, 11) is 0. The van der Waals surface area contributed by atoms with E-state index in [2.05, 4.69) is 21.0 Å². The molecule has 1 unspecified atom stereocenters. The summed E-state index contributed by atoms with van der Waals surface area (Å²) in [5.74, 6) is 0.456. The van der Waals surface area contributed by atoms with Gasteiger partial charge in [0.2, 0.25) is 5.91 Å². The highest BCUT2D eigenvalue weighted by molar-refractivity contribution is 7.13. The van der Waals surface area contributed by atoms with E-state index in [1.54, 1.807) is 0 Å². The van der Waals surface area contributed by atoms with E-state index in [1.165, 1.54) is 37.0 Å². The van der Waals surface area contributed by atoms with Crippen LogP contribution in [0.15, 0.2) is 5.38 Å². The number of carbonyl (C=O) groups excluding carboxylic acids is 2. The third kappa shape index (κ3) is 4.14. The molecule has 4 rings (SSSR count). The number of urea groups is 1. The van der Waals surface area contributed by atoms with Crippen molar-refractivity contribution in [2.75, 3.05) is 18.4 Å². The highest BCUT2D eigenvalue weighted by atomic mass is 32.1.